The third-order valence-electron chi connectivity index (χ3n) is 2.82. The van der Waals surface area contributed by atoms with E-state index in [-0.39, 0.29) is 12.8 Å². The zero-order valence-electron chi connectivity index (χ0n) is 10.2. The second-order valence-electron chi connectivity index (χ2n) is 4.10. The lowest BCUT2D eigenvalue weighted by atomic mass is 10.3. The van der Waals surface area contributed by atoms with Crippen LogP contribution >= 0.6 is 11.8 Å². The number of anilines is 1. The van der Waals surface area contributed by atoms with Crippen molar-refractivity contribution in [3.05, 3.63) is 18.5 Å². The van der Waals surface area contributed by atoms with Crippen molar-refractivity contribution in [1.82, 2.24) is 19.5 Å². The van der Waals surface area contributed by atoms with Gasteiger partial charge in [0.1, 0.15) is 5.52 Å². The van der Waals surface area contributed by atoms with E-state index >= 15 is 0 Å². The smallest absolute Gasteiger partial charge is 0.191 e. The Morgan fingerprint density at radius 2 is 2.32 bits per heavy atom. The number of nitrogen functional groups attached to an aromatic ring is 1. The molecule has 0 aromatic carbocycles. The summed E-state index contributed by atoms with van der Waals surface area (Å²) in [7, 11) is 0. The zero-order chi connectivity index (χ0) is 13.4. The van der Waals surface area contributed by atoms with E-state index < -0.39 is 6.10 Å². The molecule has 1 aliphatic heterocycles. The molecule has 2 aromatic rings. The molecular formula is C11H13N5O2S. The number of nitrogens with two attached hydrogens (primary N) is 1. The summed E-state index contributed by atoms with van der Waals surface area (Å²) in [6, 6.07) is 0. The van der Waals surface area contributed by atoms with E-state index in [9.17, 15) is 5.11 Å². The van der Waals surface area contributed by atoms with E-state index in [0.29, 0.717) is 22.1 Å². The van der Waals surface area contributed by atoms with Crippen molar-refractivity contribution in [2.45, 2.75) is 17.5 Å². The van der Waals surface area contributed by atoms with Crippen molar-refractivity contribution in [3.8, 4) is 0 Å². The highest BCUT2D eigenvalue weighted by Gasteiger charge is 2.20. The molecule has 0 radical (unpaired) electrons. The average Bonchev–Trinajstić information content (AvgIpc) is 2.84. The first-order valence-electron chi connectivity index (χ1n) is 5.71. The summed E-state index contributed by atoms with van der Waals surface area (Å²) in [5.41, 5.74) is 7.04. The average molecular weight is 279 g/mol. The van der Waals surface area contributed by atoms with Crippen LogP contribution in [0.1, 0.15) is 6.23 Å². The quantitative estimate of drug-likeness (QED) is 0.471. The number of nitrogens with zero attached hydrogens (tertiary/aromatic N) is 4. The van der Waals surface area contributed by atoms with Crippen molar-refractivity contribution in [2.75, 3.05) is 18.6 Å². The van der Waals surface area contributed by atoms with Gasteiger partial charge < -0.3 is 15.6 Å². The molecule has 100 valence electrons. The maximum absolute atomic E-state index is 9.38. The predicted molar refractivity (Wildman–Crippen MR) is 71.7 cm³/mol. The van der Waals surface area contributed by atoms with Gasteiger partial charge in [-0.3, -0.25) is 4.57 Å². The van der Waals surface area contributed by atoms with E-state index in [1.165, 1.54) is 11.8 Å². The molecule has 0 aliphatic carbocycles. The molecule has 0 fully saturated rings. The highest BCUT2D eigenvalue weighted by atomic mass is 32.2. The van der Waals surface area contributed by atoms with E-state index in [4.69, 9.17) is 10.5 Å². The van der Waals surface area contributed by atoms with Crippen LogP contribution < -0.4 is 5.73 Å². The first-order chi connectivity index (χ1) is 9.19. The fourth-order valence-corrected chi connectivity index (χ4v) is 2.27. The van der Waals surface area contributed by atoms with Gasteiger partial charge >= 0.3 is 0 Å². The molecular weight excluding hydrogens is 266 g/mol. The van der Waals surface area contributed by atoms with Gasteiger partial charge in [-0.2, -0.15) is 0 Å². The molecule has 2 aromatic heterocycles. The Labute approximate surface area is 113 Å². The van der Waals surface area contributed by atoms with Crippen LogP contribution in [0.5, 0.6) is 0 Å². The van der Waals surface area contributed by atoms with Crippen LogP contribution in [0.3, 0.4) is 0 Å². The SMILES string of the molecule is CSc1nc(N)c2ncn([C@@H]3C=C[C@H](O)CO3)c2n1. The van der Waals surface area contributed by atoms with Gasteiger partial charge in [-0.15, -0.1) is 0 Å². The van der Waals surface area contributed by atoms with Crippen LogP contribution in [0.15, 0.2) is 23.6 Å². The maximum Gasteiger partial charge on any atom is 0.191 e. The van der Waals surface area contributed by atoms with Crippen molar-refractivity contribution in [1.29, 1.82) is 0 Å². The molecule has 7 nitrogen and oxygen atoms in total. The molecule has 3 rings (SSSR count). The van der Waals surface area contributed by atoms with Crippen LogP contribution in [0, 0.1) is 0 Å². The number of rotatable bonds is 2. The molecule has 19 heavy (non-hydrogen) atoms. The second-order valence-corrected chi connectivity index (χ2v) is 4.87. The third-order valence-corrected chi connectivity index (χ3v) is 3.37. The van der Waals surface area contributed by atoms with Gasteiger partial charge in [-0.1, -0.05) is 17.8 Å². The third kappa shape index (κ3) is 2.18. The Morgan fingerprint density at radius 3 is 3.00 bits per heavy atom. The molecule has 0 unspecified atom stereocenters. The fraction of sp³-hybridized carbons (Fsp3) is 0.364. The monoisotopic (exact) mass is 279 g/mol. The molecule has 2 atom stereocenters. The zero-order valence-corrected chi connectivity index (χ0v) is 11.0. The normalized spacial score (nSPS) is 23.1. The summed E-state index contributed by atoms with van der Waals surface area (Å²) < 4.78 is 7.31. The van der Waals surface area contributed by atoms with Crippen LogP contribution in [0.25, 0.3) is 11.2 Å². The lowest BCUT2D eigenvalue weighted by Crippen LogP contribution is -2.23. The Bertz CT molecular complexity index is 641. The highest BCUT2D eigenvalue weighted by molar-refractivity contribution is 7.98. The van der Waals surface area contributed by atoms with Crippen molar-refractivity contribution in [2.24, 2.45) is 0 Å². The minimum Gasteiger partial charge on any atom is -0.387 e. The Hall–Kier alpha value is -1.64. The number of aliphatic hydroxyl groups excluding tert-OH is 1. The van der Waals surface area contributed by atoms with Crippen LogP contribution in [-0.2, 0) is 4.74 Å². The van der Waals surface area contributed by atoms with Gasteiger partial charge in [0.25, 0.3) is 0 Å². The summed E-state index contributed by atoms with van der Waals surface area (Å²) in [6.45, 7) is 0.247. The second kappa shape index (κ2) is 4.80. The minimum atomic E-state index is -0.563. The Kier molecular flexibility index (Phi) is 3.13. The van der Waals surface area contributed by atoms with Crippen LogP contribution in [-0.4, -0.2) is 43.6 Å². The van der Waals surface area contributed by atoms with Crippen molar-refractivity contribution >= 4 is 28.7 Å². The molecule has 0 amide bonds. The van der Waals surface area contributed by atoms with Crippen LogP contribution in [0.2, 0.25) is 0 Å². The van der Waals surface area contributed by atoms with Gasteiger partial charge in [0, 0.05) is 0 Å². The fourth-order valence-electron chi connectivity index (χ4n) is 1.90. The molecule has 0 spiro atoms. The van der Waals surface area contributed by atoms with Gasteiger partial charge in [-0.05, 0) is 12.3 Å². The summed E-state index contributed by atoms with van der Waals surface area (Å²) >= 11 is 1.41. The topological polar surface area (TPSA) is 99.1 Å². The first-order valence-corrected chi connectivity index (χ1v) is 6.93. The lowest BCUT2D eigenvalue weighted by Gasteiger charge is -2.21. The minimum absolute atomic E-state index is 0.247. The summed E-state index contributed by atoms with van der Waals surface area (Å²) in [4.78, 5) is 12.8. The lowest BCUT2D eigenvalue weighted by molar-refractivity contribution is -0.0165. The molecule has 0 saturated heterocycles. The number of aliphatic hydroxyl groups is 1. The van der Waals surface area contributed by atoms with Crippen molar-refractivity contribution < 1.29 is 9.84 Å². The summed E-state index contributed by atoms with van der Waals surface area (Å²) in [5, 5.41) is 9.97. The number of hydrogen-bond donors (Lipinski definition) is 2. The molecule has 1 aliphatic rings. The molecule has 3 heterocycles. The number of thioether (sulfide) groups is 1. The van der Waals surface area contributed by atoms with E-state index in [1.807, 2.05) is 6.26 Å². The molecule has 8 heteroatoms. The molecule has 0 bridgehead atoms. The van der Waals surface area contributed by atoms with Crippen molar-refractivity contribution in [3.63, 3.8) is 0 Å². The largest absolute Gasteiger partial charge is 0.387 e. The molecule has 3 N–H and O–H groups in total. The number of imidazole rings is 1. The Morgan fingerprint density at radius 1 is 1.47 bits per heavy atom. The van der Waals surface area contributed by atoms with Gasteiger partial charge in [0.05, 0.1) is 19.0 Å². The molecule has 0 saturated carbocycles. The first kappa shape index (κ1) is 12.4. The number of aromatic nitrogens is 4. The van der Waals surface area contributed by atoms with E-state index in [2.05, 4.69) is 15.0 Å². The summed E-state index contributed by atoms with van der Waals surface area (Å²) in [6.07, 6.45) is 6.07. The van der Waals surface area contributed by atoms with Gasteiger partial charge in [0.15, 0.2) is 22.8 Å². The van der Waals surface area contributed by atoms with Gasteiger partial charge in [-0.25, -0.2) is 15.0 Å². The number of hydrogen-bond acceptors (Lipinski definition) is 7. The number of ether oxygens (including phenoxy) is 1. The van der Waals surface area contributed by atoms with E-state index in [0.717, 1.165) is 0 Å². The van der Waals surface area contributed by atoms with Gasteiger partial charge in [0.2, 0.25) is 0 Å². The highest BCUT2D eigenvalue weighted by Crippen LogP contribution is 2.25. The standard InChI is InChI=1S/C11H13N5O2S/c1-19-11-14-9(12)8-10(15-11)16(5-13-8)7-3-2-6(17)4-18-7/h2-3,5-7,17H,4H2,1H3,(H2,12,14,15)/t6-,7-/m0/s1. The summed E-state index contributed by atoms with van der Waals surface area (Å²) in [5.74, 6) is 0.355. The number of fused-ring (bicyclic) bond motifs is 1. The van der Waals surface area contributed by atoms with E-state index in [1.54, 1.807) is 23.0 Å². The van der Waals surface area contributed by atoms with Crippen LogP contribution in [0.4, 0.5) is 5.82 Å². The maximum atomic E-state index is 9.38. The Balaban J connectivity index is 2.09. The predicted octanol–water partition coefficient (Wildman–Crippen LogP) is 0.576.